The molecule has 0 saturated carbocycles. The molecule has 1 saturated heterocycles. The Labute approximate surface area is 191 Å². The first-order valence-corrected chi connectivity index (χ1v) is 11.6. The normalized spacial score (nSPS) is 22.5. The van der Waals surface area contributed by atoms with Crippen LogP contribution in [-0.4, -0.2) is 54.0 Å². The highest BCUT2D eigenvalue weighted by molar-refractivity contribution is 5.72. The molecule has 1 amide bonds. The van der Waals surface area contributed by atoms with Crippen molar-refractivity contribution in [2.75, 3.05) is 20.2 Å². The number of carbonyl (C=O) groups excluding carboxylic acids is 2. The molecule has 32 heavy (non-hydrogen) atoms. The van der Waals surface area contributed by atoms with Crippen molar-refractivity contribution in [3.63, 3.8) is 0 Å². The first-order valence-electron chi connectivity index (χ1n) is 11.6. The Morgan fingerprint density at radius 3 is 2.56 bits per heavy atom. The summed E-state index contributed by atoms with van der Waals surface area (Å²) in [5, 5.41) is 10.7. The van der Waals surface area contributed by atoms with Crippen LogP contribution in [0.4, 0.5) is 4.79 Å². The number of rotatable bonds is 5. The van der Waals surface area contributed by atoms with E-state index in [2.05, 4.69) is 0 Å². The minimum atomic E-state index is -0.558. The van der Waals surface area contributed by atoms with Crippen LogP contribution in [0.25, 0.3) is 0 Å². The predicted molar refractivity (Wildman–Crippen MR) is 120 cm³/mol. The van der Waals surface area contributed by atoms with Crippen molar-refractivity contribution >= 4 is 12.1 Å². The summed E-state index contributed by atoms with van der Waals surface area (Å²) in [6.07, 6.45) is 2.91. The molecule has 3 atom stereocenters. The zero-order chi connectivity index (χ0) is 23.5. The van der Waals surface area contributed by atoms with E-state index in [9.17, 15) is 14.7 Å². The molecule has 3 rings (SSSR count). The minimum absolute atomic E-state index is 0.0659. The number of amides is 1. The lowest BCUT2D eigenvalue weighted by Gasteiger charge is -2.36. The molecule has 1 aromatic rings. The summed E-state index contributed by atoms with van der Waals surface area (Å²) in [5.74, 6) is 0.668. The van der Waals surface area contributed by atoms with Crippen LogP contribution in [-0.2, 0) is 20.7 Å². The van der Waals surface area contributed by atoms with Crippen molar-refractivity contribution in [3.8, 4) is 5.75 Å². The van der Waals surface area contributed by atoms with Crippen LogP contribution in [0.5, 0.6) is 5.75 Å². The molecular formula is C25H37NO6. The molecule has 0 bridgehead atoms. The highest BCUT2D eigenvalue weighted by Gasteiger charge is 2.32. The molecule has 0 spiro atoms. The van der Waals surface area contributed by atoms with Crippen LogP contribution in [0.3, 0.4) is 0 Å². The predicted octanol–water partition coefficient (Wildman–Crippen LogP) is 4.26. The number of methoxy groups -OCH3 is 1. The topological polar surface area (TPSA) is 85.3 Å². The quantitative estimate of drug-likeness (QED) is 0.679. The lowest BCUT2D eigenvalue weighted by atomic mass is 9.87. The zero-order valence-corrected chi connectivity index (χ0v) is 19.9. The first kappa shape index (κ1) is 24.4. The number of hydrogen-bond acceptors (Lipinski definition) is 6. The lowest BCUT2D eigenvalue weighted by molar-refractivity contribution is -0.144. The number of ether oxygens (including phenoxy) is 3. The molecule has 0 aliphatic carbocycles. The van der Waals surface area contributed by atoms with Gasteiger partial charge in [0.1, 0.15) is 17.5 Å². The monoisotopic (exact) mass is 447 g/mol. The average molecular weight is 448 g/mol. The largest absolute Gasteiger partial charge is 0.490 e. The molecule has 1 N–H and O–H groups in total. The SMILES string of the molecule is COC(=O)C(C)Cc1ccc2c(c1)OC(CC1CCN(C(=O)OC(C)(C)C)CC1)CC2O. The van der Waals surface area contributed by atoms with Gasteiger partial charge in [0.15, 0.2) is 0 Å². The van der Waals surface area contributed by atoms with E-state index in [-0.39, 0.29) is 24.1 Å². The van der Waals surface area contributed by atoms with E-state index in [1.165, 1.54) is 7.11 Å². The molecule has 2 heterocycles. The van der Waals surface area contributed by atoms with Gasteiger partial charge in [0.25, 0.3) is 0 Å². The summed E-state index contributed by atoms with van der Waals surface area (Å²) in [6, 6.07) is 5.78. The summed E-state index contributed by atoms with van der Waals surface area (Å²) >= 11 is 0. The van der Waals surface area contributed by atoms with Gasteiger partial charge < -0.3 is 24.2 Å². The van der Waals surface area contributed by atoms with Gasteiger partial charge in [-0.3, -0.25) is 4.79 Å². The number of aliphatic hydroxyl groups is 1. The molecule has 178 valence electrons. The second kappa shape index (κ2) is 10.1. The van der Waals surface area contributed by atoms with Crippen LogP contribution >= 0.6 is 0 Å². The van der Waals surface area contributed by atoms with Crippen molar-refractivity contribution < 1.29 is 28.9 Å². The number of nitrogens with zero attached hydrogens (tertiary/aromatic N) is 1. The molecule has 1 aromatic carbocycles. The smallest absolute Gasteiger partial charge is 0.410 e. The lowest BCUT2D eigenvalue weighted by Crippen LogP contribution is -2.42. The number of carbonyl (C=O) groups is 2. The summed E-state index contributed by atoms with van der Waals surface area (Å²) < 4.78 is 16.6. The Kier molecular flexibility index (Phi) is 7.70. The van der Waals surface area contributed by atoms with Gasteiger partial charge in [-0.2, -0.15) is 0 Å². The number of hydrogen-bond donors (Lipinski definition) is 1. The maximum absolute atomic E-state index is 12.3. The molecule has 0 radical (unpaired) electrons. The van der Waals surface area contributed by atoms with E-state index in [1.807, 2.05) is 45.9 Å². The van der Waals surface area contributed by atoms with Crippen LogP contribution in [0, 0.1) is 11.8 Å². The number of benzene rings is 1. The highest BCUT2D eigenvalue weighted by atomic mass is 16.6. The highest BCUT2D eigenvalue weighted by Crippen LogP contribution is 2.38. The van der Waals surface area contributed by atoms with Crippen molar-refractivity contribution in [3.05, 3.63) is 29.3 Å². The average Bonchev–Trinajstić information content (AvgIpc) is 2.72. The maximum atomic E-state index is 12.3. The van der Waals surface area contributed by atoms with Gasteiger partial charge in [-0.25, -0.2) is 4.79 Å². The number of piperidine rings is 1. The van der Waals surface area contributed by atoms with Crippen LogP contribution in [0.2, 0.25) is 0 Å². The molecule has 3 unspecified atom stereocenters. The Bertz CT molecular complexity index is 809. The third-order valence-corrected chi connectivity index (χ3v) is 6.22. The fraction of sp³-hybridized carbons (Fsp3) is 0.680. The Balaban J connectivity index is 1.55. The Hall–Kier alpha value is -2.28. The molecule has 1 fully saturated rings. The molecule has 2 aliphatic rings. The summed E-state index contributed by atoms with van der Waals surface area (Å²) in [4.78, 5) is 25.8. The van der Waals surface area contributed by atoms with E-state index < -0.39 is 11.7 Å². The number of aliphatic hydroxyl groups excluding tert-OH is 1. The maximum Gasteiger partial charge on any atom is 0.410 e. The molecule has 2 aliphatic heterocycles. The fourth-order valence-corrected chi connectivity index (χ4v) is 4.52. The minimum Gasteiger partial charge on any atom is -0.490 e. The van der Waals surface area contributed by atoms with E-state index >= 15 is 0 Å². The van der Waals surface area contributed by atoms with E-state index in [1.54, 1.807) is 4.90 Å². The molecule has 7 nitrogen and oxygen atoms in total. The molecular weight excluding hydrogens is 410 g/mol. The standard InChI is InChI=1S/C25H37NO6/c1-16(23(28)30-5)12-18-6-7-20-21(27)15-19(31-22(20)14-18)13-17-8-10-26(11-9-17)24(29)32-25(2,3)4/h6-7,14,16-17,19,21,27H,8-13,15H2,1-5H3. The van der Waals surface area contributed by atoms with Gasteiger partial charge in [0.2, 0.25) is 0 Å². The summed E-state index contributed by atoms with van der Waals surface area (Å²) in [7, 11) is 1.40. The van der Waals surface area contributed by atoms with Crippen molar-refractivity contribution in [2.24, 2.45) is 11.8 Å². The summed E-state index contributed by atoms with van der Waals surface area (Å²) in [5.41, 5.74) is 1.30. The zero-order valence-electron chi connectivity index (χ0n) is 19.9. The Morgan fingerprint density at radius 2 is 1.94 bits per heavy atom. The first-order chi connectivity index (χ1) is 15.1. The third-order valence-electron chi connectivity index (χ3n) is 6.22. The van der Waals surface area contributed by atoms with Crippen molar-refractivity contribution in [1.82, 2.24) is 4.90 Å². The van der Waals surface area contributed by atoms with E-state index in [0.29, 0.717) is 37.6 Å². The molecule has 0 aromatic heterocycles. The number of fused-ring (bicyclic) bond motifs is 1. The van der Waals surface area contributed by atoms with E-state index in [0.717, 1.165) is 30.4 Å². The molecule has 7 heteroatoms. The van der Waals surface area contributed by atoms with Gasteiger partial charge in [-0.15, -0.1) is 0 Å². The van der Waals surface area contributed by atoms with Gasteiger partial charge in [0.05, 0.1) is 19.1 Å². The van der Waals surface area contributed by atoms with Gasteiger partial charge in [0, 0.05) is 25.1 Å². The van der Waals surface area contributed by atoms with E-state index in [4.69, 9.17) is 14.2 Å². The summed E-state index contributed by atoms with van der Waals surface area (Å²) in [6.45, 7) is 8.84. The second-order valence-electron chi connectivity index (χ2n) is 10.1. The van der Waals surface area contributed by atoms with Crippen LogP contribution < -0.4 is 4.74 Å². The number of likely N-dealkylation sites (tertiary alicyclic amines) is 1. The Morgan fingerprint density at radius 1 is 1.25 bits per heavy atom. The third kappa shape index (κ3) is 6.37. The second-order valence-corrected chi connectivity index (χ2v) is 10.1. The van der Waals surface area contributed by atoms with Gasteiger partial charge in [-0.05, 0) is 64.0 Å². The fourth-order valence-electron chi connectivity index (χ4n) is 4.52. The van der Waals surface area contributed by atoms with Crippen LogP contribution in [0.1, 0.15) is 70.6 Å². The van der Waals surface area contributed by atoms with Crippen LogP contribution in [0.15, 0.2) is 18.2 Å². The van der Waals surface area contributed by atoms with Gasteiger partial charge >= 0.3 is 12.1 Å². The van der Waals surface area contributed by atoms with Gasteiger partial charge in [-0.1, -0.05) is 19.1 Å². The van der Waals surface area contributed by atoms with Crippen molar-refractivity contribution in [1.29, 1.82) is 0 Å². The van der Waals surface area contributed by atoms with Crippen molar-refractivity contribution in [2.45, 2.75) is 77.6 Å². The number of esters is 1.